The van der Waals surface area contributed by atoms with Gasteiger partial charge in [-0.25, -0.2) is 0 Å². The summed E-state index contributed by atoms with van der Waals surface area (Å²) in [5.74, 6) is 0.891. The molecule has 4 heteroatoms. The summed E-state index contributed by atoms with van der Waals surface area (Å²) in [6.07, 6.45) is 0.532. The summed E-state index contributed by atoms with van der Waals surface area (Å²) in [5.41, 5.74) is 1.11. The predicted octanol–water partition coefficient (Wildman–Crippen LogP) is 2.39. The van der Waals surface area contributed by atoms with Crippen molar-refractivity contribution >= 4 is 0 Å². The number of nitrogens with one attached hydrogen (secondary N) is 1. The molecule has 0 unspecified atom stereocenters. The van der Waals surface area contributed by atoms with Crippen LogP contribution in [0, 0.1) is 0 Å². The molecule has 1 fully saturated rings. The molecule has 0 spiro atoms. The van der Waals surface area contributed by atoms with Gasteiger partial charge in [-0.1, -0.05) is 18.2 Å². The third-order valence-corrected chi connectivity index (χ3v) is 3.55. The lowest BCUT2D eigenvalue weighted by atomic mass is 10.0. The van der Waals surface area contributed by atoms with Gasteiger partial charge >= 0.3 is 0 Å². The molecule has 1 heterocycles. The average molecular weight is 266 g/mol. The van der Waals surface area contributed by atoms with Crippen molar-refractivity contribution in [2.24, 2.45) is 0 Å². The van der Waals surface area contributed by atoms with Crippen LogP contribution in [0.3, 0.4) is 0 Å². The third kappa shape index (κ3) is 3.67. The van der Waals surface area contributed by atoms with E-state index in [1.807, 2.05) is 25.1 Å². The van der Waals surface area contributed by atoms with Gasteiger partial charge in [-0.3, -0.25) is 9.29 Å². The minimum atomic E-state index is -0.297. The van der Waals surface area contributed by atoms with Gasteiger partial charge in [0, 0.05) is 37.8 Å². The van der Waals surface area contributed by atoms with Crippen molar-refractivity contribution in [2.45, 2.75) is 19.4 Å². The van der Waals surface area contributed by atoms with Crippen molar-refractivity contribution in [1.82, 2.24) is 10.2 Å². The van der Waals surface area contributed by atoms with E-state index < -0.39 is 0 Å². The highest BCUT2D eigenvalue weighted by Gasteiger charge is 2.24. The summed E-state index contributed by atoms with van der Waals surface area (Å²) in [6.45, 7) is 6.19. The molecule has 0 radical (unpaired) electrons. The number of hydrogen-bond acceptors (Lipinski definition) is 3. The first-order valence-corrected chi connectivity index (χ1v) is 7.09. The number of piperazine rings is 1. The SMILES string of the molecule is CCOc1ccccc1[C@H](CCF)N1CCNCC1. The largest absolute Gasteiger partial charge is 0.494 e. The first-order valence-electron chi connectivity index (χ1n) is 7.09. The molecule has 1 N–H and O–H groups in total. The fourth-order valence-electron chi connectivity index (χ4n) is 2.67. The van der Waals surface area contributed by atoms with Gasteiger partial charge in [0.25, 0.3) is 0 Å². The van der Waals surface area contributed by atoms with Gasteiger partial charge in [-0.15, -0.1) is 0 Å². The fourth-order valence-corrected chi connectivity index (χ4v) is 2.67. The van der Waals surface area contributed by atoms with E-state index in [-0.39, 0.29) is 12.7 Å². The summed E-state index contributed by atoms with van der Waals surface area (Å²) in [4.78, 5) is 2.36. The Balaban J connectivity index is 2.21. The lowest BCUT2D eigenvalue weighted by molar-refractivity contribution is 0.154. The Morgan fingerprint density at radius 3 is 2.74 bits per heavy atom. The monoisotopic (exact) mass is 266 g/mol. The van der Waals surface area contributed by atoms with Crippen LogP contribution in [0.4, 0.5) is 4.39 Å². The van der Waals surface area contributed by atoms with E-state index in [9.17, 15) is 4.39 Å². The zero-order valence-electron chi connectivity index (χ0n) is 11.6. The van der Waals surface area contributed by atoms with Crippen LogP contribution < -0.4 is 10.1 Å². The van der Waals surface area contributed by atoms with E-state index >= 15 is 0 Å². The fraction of sp³-hybridized carbons (Fsp3) is 0.600. The van der Waals surface area contributed by atoms with E-state index in [4.69, 9.17) is 4.74 Å². The number of benzene rings is 1. The van der Waals surface area contributed by atoms with Crippen LogP contribution in [0.2, 0.25) is 0 Å². The minimum absolute atomic E-state index is 0.120. The summed E-state index contributed by atoms with van der Waals surface area (Å²) in [7, 11) is 0. The highest BCUT2D eigenvalue weighted by Crippen LogP contribution is 2.32. The van der Waals surface area contributed by atoms with E-state index in [0.717, 1.165) is 37.5 Å². The second kappa shape index (κ2) is 7.46. The minimum Gasteiger partial charge on any atom is -0.494 e. The molecule has 1 aromatic rings. The molecule has 0 aliphatic carbocycles. The van der Waals surface area contributed by atoms with Crippen molar-refractivity contribution < 1.29 is 9.13 Å². The number of halogens is 1. The molecular weight excluding hydrogens is 243 g/mol. The maximum atomic E-state index is 12.9. The molecule has 19 heavy (non-hydrogen) atoms. The van der Waals surface area contributed by atoms with Crippen molar-refractivity contribution in [2.75, 3.05) is 39.5 Å². The molecule has 0 bridgehead atoms. The maximum absolute atomic E-state index is 12.9. The smallest absolute Gasteiger partial charge is 0.124 e. The molecule has 1 atom stereocenters. The molecular formula is C15H23FN2O. The Kier molecular flexibility index (Phi) is 5.61. The zero-order valence-corrected chi connectivity index (χ0v) is 11.6. The van der Waals surface area contributed by atoms with Gasteiger partial charge in [-0.05, 0) is 19.4 Å². The second-order valence-electron chi connectivity index (χ2n) is 4.75. The van der Waals surface area contributed by atoms with Gasteiger partial charge < -0.3 is 10.1 Å². The standard InChI is InChI=1S/C15H23FN2O/c1-2-19-15-6-4-3-5-13(15)14(7-8-16)18-11-9-17-10-12-18/h3-6,14,17H,2,7-12H2,1H3/t14-/m0/s1. The number of ether oxygens (including phenoxy) is 1. The van der Waals surface area contributed by atoms with Crippen LogP contribution >= 0.6 is 0 Å². The molecule has 2 rings (SSSR count). The first-order chi connectivity index (χ1) is 9.36. The lowest BCUT2D eigenvalue weighted by Gasteiger charge is -2.35. The molecule has 0 amide bonds. The van der Waals surface area contributed by atoms with Crippen molar-refractivity contribution in [3.05, 3.63) is 29.8 Å². The Labute approximate surface area is 114 Å². The topological polar surface area (TPSA) is 24.5 Å². The van der Waals surface area contributed by atoms with Crippen LogP contribution in [0.25, 0.3) is 0 Å². The number of hydrogen-bond donors (Lipinski definition) is 1. The molecule has 1 aliphatic heterocycles. The number of alkyl halides is 1. The summed E-state index contributed by atoms with van der Waals surface area (Å²) < 4.78 is 18.6. The van der Waals surface area contributed by atoms with Gasteiger partial charge in [0.05, 0.1) is 13.3 Å². The summed E-state index contributed by atoms with van der Waals surface area (Å²) in [6, 6.07) is 8.14. The van der Waals surface area contributed by atoms with Gasteiger partial charge in [0.1, 0.15) is 5.75 Å². The molecule has 1 aliphatic rings. The van der Waals surface area contributed by atoms with Crippen LogP contribution in [0.5, 0.6) is 5.75 Å². The van der Waals surface area contributed by atoms with Gasteiger partial charge in [-0.2, -0.15) is 0 Å². The van der Waals surface area contributed by atoms with Crippen LogP contribution in [0.1, 0.15) is 24.9 Å². The van der Waals surface area contributed by atoms with Crippen molar-refractivity contribution in [3.63, 3.8) is 0 Å². The van der Waals surface area contributed by atoms with Crippen LogP contribution in [0.15, 0.2) is 24.3 Å². The normalized spacial score (nSPS) is 18.2. The zero-order chi connectivity index (χ0) is 13.5. The van der Waals surface area contributed by atoms with Crippen LogP contribution in [-0.2, 0) is 0 Å². The quantitative estimate of drug-likeness (QED) is 0.855. The molecule has 0 aromatic heterocycles. The number of nitrogens with zero attached hydrogens (tertiary/aromatic N) is 1. The Bertz CT molecular complexity index is 380. The molecule has 0 saturated carbocycles. The average Bonchev–Trinajstić information content (AvgIpc) is 2.47. The summed E-state index contributed by atoms with van der Waals surface area (Å²) >= 11 is 0. The Morgan fingerprint density at radius 1 is 1.32 bits per heavy atom. The van der Waals surface area contributed by atoms with Gasteiger partial charge in [0.15, 0.2) is 0 Å². The van der Waals surface area contributed by atoms with Gasteiger partial charge in [0.2, 0.25) is 0 Å². The Hall–Kier alpha value is -1.13. The van der Waals surface area contributed by atoms with Crippen molar-refractivity contribution in [1.29, 1.82) is 0 Å². The van der Waals surface area contributed by atoms with Crippen molar-refractivity contribution in [3.8, 4) is 5.75 Å². The number of para-hydroxylation sites is 1. The highest BCUT2D eigenvalue weighted by molar-refractivity contribution is 5.36. The molecule has 1 saturated heterocycles. The third-order valence-electron chi connectivity index (χ3n) is 3.55. The second-order valence-corrected chi connectivity index (χ2v) is 4.75. The van der Waals surface area contributed by atoms with E-state index in [1.54, 1.807) is 0 Å². The highest BCUT2D eigenvalue weighted by atomic mass is 19.1. The Morgan fingerprint density at radius 2 is 2.05 bits per heavy atom. The predicted molar refractivity (Wildman–Crippen MR) is 75.4 cm³/mol. The van der Waals surface area contributed by atoms with E-state index in [2.05, 4.69) is 16.3 Å². The summed E-state index contributed by atoms with van der Waals surface area (Å²) in [5, 5.41) is 3.34. The molecule has 3 nitrogen and oxygen atoms in total. The molecule has 1 aromatic carbocycles. The van der Waals surface area contributed by atoms with E-state index in [0.29, 0.717) is 13.0 Å². The van der Waals surface area contributed by atoms with E-state index in [1.165, 1.54) is 0 Å². The maximum Gasteiger partial charge on any atom is 0.124 e. The molecule has 106 valence electrons. The van der Waals surface area contributed by atoms with Crippen LogP contribution in [-0.4, -0.2) is 44.4 Å². The number of rotatable bonds is 6. The first kappa shape index (κ1) is 14.3. The lowest BCUT2D eigenvalue weighted by Crippen LogP contribution is -2.45.